The maximum Gasteiger partial charge on any atom is 0.266 e. The van der Waals surface area contributed by atoms with Gasteiger partial charge in [-0.3, -0.25) is 4.18 Å². The molecule has 0 amide bonds. The summed E-state index contributed by atoms with van der Waals surface area (Å²) in [5, 5.41) is 0. The Kier molecular flexibility index (Phi) is 5.80. The highest BCUT2D eigenvalue weighted by atomic mass is 32.2. The highest BCUT2D eigenvalue weighted by Gasteiger charge is 2.07. The van der Waals surface area contributed by atoms with E-state index in [1.807, 2.05) is 6.92 Å². The molecule has 0 heterocycles. The molecule has 0 bridgehead atoms. The van der Waals surface area contributed by atoms with Crippen LogP contribution in [-0.4, -0.2) is 30.6 Å². The fourth-order valence-electron chi connectivity index (χ4n) is 0.767. The van der Waals surface area contributed by atoms with Gasteiger partial charge in [-0.2, -0.15) is 8.42 Å². The molecule has 0 fully saturated rings. The molecule has 0 N–H and O–H groups in total. The van der Waals surface area contributed by atoms with E-state index in [9.17, 15) is 8.42 Å². The fraction of sp³-hybridized carbons (Fsp3) is 1.00. The Morgan fingerprint density at radius 2 is 2.00 bits per heavy atom. The SMILES string of the molecule is CCCCCS(=O)(=O)OC[SiH3]. The maximum absolute atomic E-state index is 10.9. The molecule has 0 saturated carbocycles. The van der Waals surface area contributed by atoms with Crippen molar-refractivity contribution < 1.29 is 12.6 Å². The standard InChI is InChI=1S/C6H16O3SSi/c1-2-3-4-5-10(7,8)9-6-11/h2-6H2,1,11H3. The molecule has 11 heavy (non-hydrogen) atoms. The summed E-state index contributed by atoms with van der Waals surface area (Å²) in [7, 11) is -2.39. The van der Waals surface area contributed by atoms with E-state index >= 15 is 0 Å². The van der Waals surface area contributed by atoms with Crippen LogP contribution in [0.4, 0.5) is 0 Å². The van der Waals surface area contributed by atoms with E-state index in [1.54, 1.807) is 0 Å². The quantitative estimate of drug-likeness (QED) is 0.337. The van der Waals surface area contributed by atoms with Gasteiger partial charge in [-0.1, -0.05) is 19.8 Å². The summed E-state index contributed by atoms with van der Waals surface area (Å²) >= 11 is 0. The average Bonchev–Trinajstić information content (AvgIpc) is 1.87. The molecular formula is C6H16O3SSi. The molecule has 0 aromatic heterocycles. The van der Waals surface area contributed by atoms with Gasteiger partial charge in [-0.25, -0.2) is 0 Å². The third-order valence-corrected chi connectivity index (χ3v) is 3.39. The minimum Gasteiger partial charge on any atom is -0.275 e. The van der Waals surface area contributed by atoms with Crippen LogP contribution >= 0.6 is 0 Å². The lowest BCUT2D eigenvalue weighted by Crippen LogP contribution is -2.11. The molecule has 0 saturated heterocycles. The Bertz CT molecular complexity index is 176. The van der Waals surface area contributed by atoms with Crippen LogP contribution in [0, 0.1) is 0 Å². The van der Waals surface area contributed by atoms with Gasteiger partial charge in [0.05, 0.1) is 5.75 Å². The molecular weight excluding hydrogens is 180 g/mol. The van der Waals surface area contributed by atoms with Gasteiger partial charge in [0, 0.05) is 16.5 Å². The van der Waals surface area contributed by atoms with Crippen molar-refractivity contribution >= 4 is 20.4 Å². The largest absolute Gasteiger partial charge is 0.275 e. The Morgan fingerprint density at radius 1 is 1.36 bits per heavy atom. The lowest BCUT2D eigenvalue weighted by Gasteiger charge is -2.01. The zero-order valence-electron chi connectivity index (χ0n) is 7.17. The zero-order valence-corrected chi connectivity index (χ0v) is 9.99. The van der Waals surface area contributed by atoms with E-state index in [2.05, 4.69) is 4.18 Å². The van der Waals surface area contributed by atoms with E-state index in [0.717, 1.165) is 29.5 Å². The van der Waals surface area contributed by atoms with Gasteiger partial charge in [0.15, 0.2) is 0 Å². The molecule has 0 unspecified atom stereocenters. The van der Waals surface area contributed by atoms with Crippen LogP contribution in [-0.2, 0) is 14.3 Å². The lowest BCUT2D eigenvalue weighted by atomic mass is 10.3. The summed E-state index contributed by atoms with van der Waals surface area (Å²) < 4.78 is 26.4. The highest BCUT2D eigenvalue weighted by molar-refractivity contribution is 7.86. The number of rotatable bonds is 6. The van der Waals surface area contributed by atoms with Crippen LogP contribution in [0.2, 0.25) is 0 Å². The lowest BCUT2D eigenvalue weighted by molar-refractivity contribution is 0.375. The summed E-state index contributed by atoms with van der Waals surface area (Å²) in [6.45, 7) is 2.04. The molecule has 0 aromatic carbocycles. The van der Waals surface area contributed by atoms with Crippen molar-refractivity contribution in [3.05, 3.63) is 0 Å². The van der Waals surface area contributed by atoms with E-state index < -0.39 is 10.1 Å². The fourth-order valence-corrected chi connectivity index (χ4v) is 2.88. The van der Waals surface area contributed by atoms with Gasteiger partial charge in [-0.15, -0.1) is 0 Å². The summed E-state index contributed by atoms with van der Waals surface area (Å²) in [4.78, 5) is 0. The van der Waals surface area contributed by atoms with Gasteiger partial charge in [0.1, 0.15) is 0 Å². The van der Waals surface area contributed by atoms with Gasteiger partial charge >= 0.3 is 0 Å². The molecule has 0 radical (unpaired) electrons. The summed E-state index contributed by atoms with van der Waals surface area (Å²) in [5.74, 6) is 0.184. The van der Waals surface area contributed by atoms with Crippen LogP contribution in [0.1, 0.15) is 26.2 Å². The smallest absolute Gasteiger partial charge is 0.266 e. The number of unbranched alkanes of at least 4 members (excludes halogenated alkanes) is 2. The highest BCUT2D eigenvalue weighted by Crippen LogP contribution is 2.00. The third-order valence-electron chi connectivity index (χ3n) is 1.30. The maximum atomic E-state index is 10.9. The normalized spacial score (nSPS) is 12.1. The van der Waals surface area contributed by atoms with E-state index in [0.29, 0.717) is 6.23 Å². The topological polar surface area (TPSA) is 43.4 Å². The first-order valence-electron chi connectivity index (χ1n) is 3.99. The Hall–Kier alpha value is 0.127. The van der Waals surface area contributed by atoms with Crippen LogP contribution in [0.5, 0.6) is 0 Å². The van der Waals surface area contributed by atoms with Gasteiger partial charge in [0.2, 0.25) is 0 Å². The van der Waals surface area contributed by atoms with Gasteiger partial charge < -0.3 is 0 Å². The first kappa shape index (κ1) is 11.1. The van der Waals surface area contributed by atoms with Crippen molar-refractivity contribution in [1.29, 1.82) is 0 Å². The van der Waals surface area contributed by atoms with E-state index in [4.69, 9.17) is 0 Å². The Balaban J connectivity index is 3.56. The first-order chi connectivity index (χ1) is 5.12. The van der Waals surface area contributed by atoms with Crippen LogP contribution in [0.25, 0.3) is 0 Å². The molecule has 0 spiro atoms. The number of hydrogen-bond donors (Lipinski definition) is 0. The predicted octanol–water partition coefficient (Wildman–Crippen LogP) is -0.154. The minimum atomic E-state index is -3.17. The average molecular weight is 196 g/mol. The number of hydrogen-bond acceptors (Lipinski definition) is 3. The van der Waals surface area contributed by atoms with Gasteiger partial charge in [0.25, 0.3) is 10.1 Å². The monoisotopic (exact) mass is 196 g/mol. The Labute approximate surface area is 71.7 Å². The second-order valence-corrected chi connectivity index (χ2v) is 4.71. The molecule has 0 aliphatic carbocycles. The zero-order chi connectivity index (χ0) is 8.74. The van der Waals surface area contributed by atoms with Crippen molar-refractivity contribution in [3.8, 4) is 0 Å². The van der Waals surface area contributed by atoms with Crippen molar-refractivity contribution in [2.75, 3.05) is 12.0 Å². The minimum absolute atomic E-state index is 0.184. The predicted molar refractivity (Wildman–Crippen MR) is 49.2 cm³/mol. The Morgan fingerprint density at radius 3 is 2.45 bits per heavy atom. The van der Waals surface area contributed by atoms with Crippen LogP contribution in [0.15, 0.2) is 0 Å². The molecule has 0 aliphatic heterocycles. The van der Waals surface area contributed by atoms with E-state index in [1.165, 1.54) is 0 Å². The molecule has 68 valence electrons. The molecule has 5 heteroatoms. The van der Waals surface area contributed by atoms with Crippen molar-refractivity contribution in [2.45, 2.75) is 26.2 Å². The van der Waals surface area contributed by atoms with Crippen molar-refractivity contribution in [2.24, 2.45) is 0 Å². The second-order valence-electron chi connectivity index (χ2n) is 2.38. The first-order valence-corrected chi connectivity index (χ1v) is 6.98. The van der Waals surface area contributed by atoms with Crippen molar-refractivity contribution in [1.82, 2.24) is 0 Å². The molecule has 0 rings (SSSR count). The molecule has 0 aromatic rings. The molecule has 0 aliphatic rings. The van der Waals surface area contributed by atoms with Crippen LogP contribution in [0.3, 0.4) is 0 Å². The van der Waals surface area contributed by atoms with Gasteiger partial charge in [-0.05, 0) is 6.42 Å². The summed E-state index contributed by atoms with van der Waals surface area (Å²) in [6, 6.07) is 0. The van der Waals surface area contributed by atoms with Crippen molar-refractivity contribution in [3.63, 3.8) is 0 Å². The molecule has 0 atom stereocenters. The van der Waals surface area contributed by atoms with Crippen LogP contribution < -0.4 is 0 Å². The van der Waals surface area contributed by atoms with E-state index in [-0.39, 0.29) is 5.75 Å². The second kappa shape index (κ2) is 5.74. The summed E-state index contributed by atoms with van der Waals surface area (Å²) in [5.41, 5.74) is 0. The summed E-state index contributed by atoms with van der Waals surface area (Å²) in [6.07, 6.45) is 3.11. The third kappa shape index (κ3) is 6.52. The molecule has 3 nitrogen and oxygen atoms in total.